The number of nitrogens with two attached hydrogens (primary N) is 3. The molecule has 0 bridgehead atoms. The van der Waals surface area contributed by atoms with Crippen LogP contribution in [0.3, 0.4) is 0 Å². The first kappa shape index (κ1) is 18.8. The number of hydrogen-bond donors (Lipinski definition) is 5. The SMILES string of the molecule is CNOc1ccc2c(c1OON)C(=O)c1ccc(ONN)c(OON)c1C2. The van der Waals surface area contributed by atoms with Gasteiger partial charge in [0.25, 0.3) is 0 Å². The largest absolute Gasteiger partial charge is 0.405 e. The van der Waals surface area contributed by atoms with Crippen LogP contribution in [0.4, 0.5) is 0 Å². The minimum absolute atomic E-state index is 0.0292. The summed E-state index contributed by atoms with van der Waals surface area (Å²) in [6.07, 6.45) is 0.262. The number of rotatable bonds is 8. The van der Waals surface area contributed by atoms with Gasteiger partial charge < -0.3 is 19.5 Å². The molecule has 3 rings (SSSR count). The summed E-state index contributed by atoms with van der Waals surface area (Å²) in [5.74, 6) is 15.3. The Balaban J connectivity index is 2.15. The number of carbonyl (C=O) groups is 1. The van der Waals surface area contributed by atoms with Gasteiger partial charge in [0.1, 0.15) is 0 Å². The van der Waals surface area contributed by atoms with Gasteiger partial charge in [0.2, 0.25) is 11.5 Å². The van der Waals surface area contributed by atoms with Crippen LogP contribution in [0, 0.1) is 0 Å². The van der Waals surface area contributed by atoms with E-state index in [1.165, 1.54) is 12.1 Å². The number of ketones is 1. The molecule has 0 aromatic heterocycles. The first-order valence-electron chi connectivity index (χ1n) is 7.55. The average Bonchev–Trinajstić information content (AvgIpc) is 2.66. The molecule has 2 aromatic rings. The fraction of sp³-hybridized carbons (Fsp3) is 0.133. The molecule has 0 spiro atoms. The second-order valence-electron chi connectivity index (χ2n) is 5.24. The molecule has 0 saturated heterocycles. The standard InChI is InChI=1S/C15H17N5O7/c1-19-22-11-4-2-7-6-9-8(13(21)12(7)15(11)25-27-18)3-5-10(23-20-16)14(9)24-26-17/h2-5,19-20H,6,16-18H2,1H3. The van der Waals surface area contributed by atoms with Crippen LogP contribution < -0.4 is 48.2 Å². The van der Waals surface area contributed by atoms with Crippen LogP contribution in [0.1, 0.15) is 27.0 Å². The zero-order chi connectivity index (χ0) is 19.4. The van der Waals surface area contributed by atoms with Gasteiger partial charge in [0, 0.05) is 24.6 Å². The Morgan fingerprint density at radius 3 is 2.30 bits per heavy atom. The third-order valence-corrected chi connectivity index (χ3v) is 3.91. The number of fused-ring (bicyclic) bond motifs is 2. The van der Waals surface area contributed by atoms with Gasteiger partial charge in [-0.2, -0.15) is 17.3 Å². The Labute approximate surface area is 152 Å². The maximum Gasteiger partial charge on any atom is 0.223 e. The van der Waals surface area contributed by atoms with Crippen LogP contribution in [-0.2, 0) is 16.4 Å². The topological polar surface area (TPSA) is 175 Å². The summed E-state index contributed by atoms with van der Waals surface area (Å²) in [6.45, 7) is 0. The first-order chi connectivity index (χ1) is 13.2. The van der Waals surface area contributed by atoms with Gasteiger partial charge in [-0.3, -0.25) is 4.79 Å². The minimum Gasteiger partial charge on any atom is -0.405 e. The zero-order valence-electron chi connectivity index (χ0n) is 14.1. The van der Waals surface area contributed by atoms with Crippen molar-refractivity contribution in [2.24, 2.45) is 17.6 Å². The number of carbonyl (C=O) groups excluding carboxylic acids is 1. The third kappa shape index (κ3) is 3.36. The maximum absolute atomic E-state index is 13.1. The van der Waals surface area contributed by atoms with E-state index < -0.39 is 0 Å². The van der Waals surface area contributed by atoms with E-state index in [4.69, 9.17) is 37.1 Å². The van der Waals surface area contributed by atoms with Crippen molar-refractivity contribution in [3.63, 3.8) is 0 Å². The Morgan fingerprint density at radius 1 is 0.963 bits per heavy atom. The van der Waals surface area contributed by atoms with Crippen LogP contribution in [0.5, 0.6) is 23.0 Å². The van der Waals surface area contributed by atoms with E-state index in [2.05, 4.69) is 15.5 Å². The summed E-state index contributed by atoms with van der Waals surface area (Å²) in [5, 5.41) is 0. The number of hydrazine groups is 1. The lowest BCUT2D eigenvalue weighted by Crippen LogP contribution is -2.27. The number of hydrogen-bond acceptors (Lipinski definition) is 12. The predicted molar refractivity (Wildman–Crippen MR) is 88.6 cm³/mol. The van der Waals surface area contributed by atoms with Gasteiger partial charge in [0.15, 0.2) is 17.3 Å². The highest BCUT2D eigenvalue weighted by atomic mass is 17.3. The average molecular weight is 379 g/mol. The molecule has 0 radical (unpaired) electrons. The molecular weight excluding hydrogens is 362 g/mol. The highest BCUT2D eigenvalue weighted by Gasteiger charge is 2.33. The van der Waals surface area contributed by atoms with E-state index in [9.17, 15) is 4.79 Å². The lowest BCUT2D eigenvalue weighted by Gasteiger charge is -2.23. The molecule has 1 aliphatic carbocycles. The van der Waals surface area contributed by atoms with Crippen molar-refractivity contribution in [1.82, 2.24) is 11.1 Å². The fourth-order valence-electron chi connectivity index (χ4n) is 2.92. The quantitative estimate of drug-likeness (QED) is 0.192. The summed E-state index contributed by atoms with van der Waals surface area (Å²) in [5.41, 5.74) is 6.14. The summed E-state index contributed by atoms with van der Waals surface area (Å²) < 4.78 is 0. The molecule has 12 nitrogen and oxygen atoms in total. The third-order valence-electron chi connectivity index (χ3n) is 3.91. The summed E-state index contributed by atoms with van der Waals surface area (Å²) in [7, 11) is 1.55. The molecule has 0 amide bonds. The first-order valence-corrected chi connectivity index (χ1v) is 7.55. The van der Waals surface area contributed by atoms with Gasteiger partial charge in [-0.05, 0) is 23.8 Å². The zero-order valence-corrected chi connectivity index (χ0v) is 14.1. The summed E-state index contributed by atoms with van der Waals surface area (Å²) in [4.78, 5) is 41.9. The highest BCUT2D eigenvalue weighted by Crippen LogP contribution is 2.44. The van der Waals surface area contributed by atoms with Crippen molar-refractivity contribution < 1.29 is 34.2 Å². The maximum atomic E-state index is 13.1. The predicted octanol–water partition coefficient (Wildman–Crippen LogP) is -0.540. The molecular formula is C15H17N5O7. The molecule has 8 N–H and O–H groups in total. The van der Waals surface area contributed by atoms with Gasteiger partial charge >= 0.3 is 0 Å². The lowest BCUT2D eigenvalue weighted by molar-refractivity contribution is -0.213. The second kappa shape index (κ2) is 8.15. The highest BCUT2D eigenvalue weighted by molar-refractivity contribution is 6.15. The van der Waals surface area contributed by atoms with Gasteiger partial charge in [-0.1, -0.05) is 21.6 Å². The van der Waals surface area contributed by atoms with E-state index in [0.717, 1.165) is 0 Å². The van der Waals surface area contributed by atoms with Crippen LogP contribution >= 0.6 is 0 Å². The van der Waals surface area contributed by atoms with E-state index in [0.29, 0.717) is 16.7 Å². The van der Waals surface area contributed by atoms with Crippen molar-refractivity contribution in [3.05, 3.63) is 46.5 Å². The van der Waals surface area contributed by atoms with Gasteiger partial charge in [-0.15, -0.1) is 0 Å². The fourth-order valence-corrected chi connectivity index (χ4v) is 2.92. The van der Waals surface area contributed by atoms with Crippen molar-refractivity contribution in [2.45, 2.75) is 6.42 Å². The summed E-state index contributed by atoms with van der Waals surface area (Å²) in [6, 6.07) is 6.27. The van der Waals surface area contributed by atoms with E-state index in [1.807, 2.05) is 5.59 Å². The van der Waals surface area contributed by atoms with E-state index in [1.54, 1.807) is 19.2 Å². The Morgan fingerprint density at radius 2 is 1.63 bits per heavy atom. The molecule has 0 atom stereocenters. The molecule has 27 heavy (non-hydrogen) atoms. The number of benzene rings is 2. The monoisotopic (exact) mass is 379 g/mol. The number of nitrogens with one attached hydrogen (secondary N) is 2. The smallest absolute Gasteiger partial charge is 0.223 e. The van der Waals surface area contributed by atoms with Crippen molar-refractivity contribution in [1.29, 1.82) is 0 Å². The molecule has 0 heterocycles. The van der Waals surface area contributed by atoms with Crippen molar-refractivity contribution in [3.8, 4) is 23.0 Å². The molecule has 0 fully saturated rings. The molecule has 1 aliphatic rings. The second-order valence-corrected chi connectivity index (χ2v) is 5.24. The van der Waals surface area contributed by atoms with Crippen LogP contribution in [0.15, 0.2) is 24.3 Å². The van der Waals surface area contributed by atoms with Crippen LogP contribution in [0.2, 0.25) is 0 Å². The van der Waals surface area contributed by atoms with E-state index in [-0.39, 0.29) is 40.8 Å². The normalized spacial score (nSPS) is 12.2. The van der Waals surface area contributed by atoms with Crippen molar-refractivity contribution >= 4 is 5.78 Å². The van der Waals surface area contributed by atoms with E-state index >= 15 is 0 Å². The molecule has 144 valence electrons. The molecule has 12 heteroatoms. The molecule has 0 unspecified atom stereocenters. The van der Waals surface area contributed by atoms with Gasteiger partial charge in [-0.25, -0.2) is 5.84 Å². The Kier molecular flexibility index (Phi) is 5.68. The van der Waals surface area contributed by atoms with Crippen molar-refractivity contribution in [2.75, 3.05) is 7.05 Å². The Bertz CT molecular complexity index is 861. The minimum atomic E-state index is -0.381. The molecule has 0 saturated carbocycles. The van der Waals surface area contributed by atoms with Crippen LogP contribution in [0.25, 0.3) is 0 Å². The molecule has 2 aromatic carbocycles. The molecule has 0 aliphatic heterocycles. The lowest BCUT2D eigenvalue weighted by atomic mass is 9.83. The Hall–Kier alpha value is -2.97. The van der Waals surface area contributed by atoms with Crippen LogP contribution in [-0.4, -0.2) is 12.8 Å². The summed E-state index contributed by atoms with van der Waals surface area (Å²) >= 11 is 0. The number of hydroxylamine groups is 1. The van der Waals surface area contributed by atoms with Gasteiger partial charge in [0.05, 0.1) is 5.56 Å².